The molecule has 0 aromatic heterocycles. The van der Waals surface area contributed by atoms with Gasteiger partial charge in [-0.05, 0) is 19.3 Å². The summed E-state index contributed by atoms with van der Waals surface area (Å²) in [6.45, 7) is 0. The van der Waals surface area contributed by atoms with Crippen molar-refractivity contribution in [2.75, 3.05) is 0 Å². The van der Waals surface area contributed by atoms with Crippen molar-refractivity contribution in [3.8, 4) is 0 Å². The summed E-state index contributed by atoms with van der Waals surface area (Å²) in [5.74, 6) is -0.791. The molecular formula is C18H30O3. The molecule has 1 rings (SSSR count). The van der Waals surface area contributed by atoms with Crippen LogP contribution in [0.15, 0.2) is 12.2 Å². The Balaban J connectivity index is 2.27. The van der Waals surface area contributed by atoms with Gasteiger partial charge >= 0.3 is 11.9 Å². The summed E-state index contributed by atoms with van der Waals surface area (Å²) in [5.41, 5.74) is 0. The SMILES string of the molecule is O=C1C/C=C/CCCCCCCCCCCCCC(=O)O1. The number of hydrogen-bond acceptors (Lipinski definition) is 3. The number of rotatable bonds is 0. The van der Waals surface area contributed by atoms with Gasteiger partial charge < -0.3 is 4.74 Å². The lowest BCUT2D eigenvalue weighted by Gasteiger charge is -2.03. The van der Waals surface area contributed by atoms with Crippen LogP contribution in [0.2, 0.25) is 0 Å². The highest BCUT2D eigenvalue weighted by Crippen LogP contribution is 2.13. The predicted octanol–water partition coefficient (Wildman–Crippen LogP) is 5.09. The molecule has 120 valence electrons. The first-order valence-corrected chi connectivity index (χ1v) is 8.67. The van der Waals surface area contributed by atoms with Gasteiger partial charge in [0.1, 0.15) is 0 Å². The normalized spacial score (nSPS) is 23.4. The number of esters is 2. The highest BCUT2D eigenvalue weighted by molar-refractivity contribution is 5.86. The summed E-state index contributed by atoms with van der Waals surface area (Å²) in [5, 5.41) is 0. The lowest BCUT2D eigenvalue weighted by atomic mass is 10.0. The first-order valence-electron chi connectivity index (χ1n) is 8.67. The summed E-state index contributed by atoms with van der Waals surface area (Å²) in [6, 6.07) is 0. The molecule has 0 bridgehead atoms. The zero-order chi connectivity index (χ0) is 15.2. The first kappa shape index (κ1) is 17.9. The average Bonchev–Trinajstić information content (AvgIpc) is 2.46. The monoisotopic (exact) mass is 294 g/mol. The second-order valence-corrected chi connectivity index (χ2v) is 5.95. The molecule has 21 heavy (non-hydrogen) atoms. The van der Waals surface area contributed by atoms with Crippen LogP contribution in [0.5, 0.6) is 0 Å². The maximum absolute atomic E-state index is 11.5. The third kappa shape index (κ3) is 11.2. The van der Waals surface area contributed by atoms with E-state index in [1.807, 2.05) is 12.2 Å². The summed E-state index contributed by atoms with van der Waals surface area (Å²) in [4.78, 5) is 22.9. The molecule has 0 fully saturated rings. The molecule has 0 amide bonds. The Morgan fingerprint density at radius 1 is 0.619 bits per heavy atom. The van der Waals surface area contributed by atoms with Crippen molar-refractivity contribution in [1.82, 2.24) is 0 Å². The fraction of sp³-hybridized carbons (Fsp3) is 0.778. The molecule has 1 aliphatic heterocycles. The van der Waals surface area contributed by atoms with Crippen molar-refractivity contribution < 1.29 is 14.3 Å². The van der Waals surface area contributed by atoms with Crippen LogP contribution in [0, 0.1) is 0 Å². The van der Waals surface area contributed by atoms with Crippen molar-refractivity contribution in [2.24, 2.45) is 0 Å². The number of cyclic esters (lactones) is 2. The molecule has 0 unspecified atom stereocenters. The number of carbonyl (C=O) groups excluding carboxylic acids is 2. The van der Waals surface area contributed by atoms with Gasteiger partial charge in [0, 0.05) is 6.42 Å². The standard InChI is InChI=1S/C18H30O3/c19-17-15-13-11-9-7-5-3-1-2-4-6-8-10-12-14-16-18(20)21-17/h11,13H,1-10,12,14-16H2/b13-11+. The van der Waals surface area contributed by atoms with Gasteiger partial charge in [0.15, 0.2) is 0 Å². The third-order valence-corrected chi connectivity index (χ3v) is 3.93. The Morgan fingerprint density at radius 2 is 1.14 bits per heavy atom. The van der Waals surface area contributed by atoms with Crippen LogP contribution in [0.4, 0.5) is 0 Å². The smallest absolute Gasteiger partial charge is 0.317 e. The van der Waals surface area contributed by atoms with Crippen molar-refractivity contribution >= 4 is 11.9 Å². The van der Waals surface area contributed by atoms with E-state index < -0.39 is 5.97 Å². The van der Waals surface area contributed by atoms with Gasteiger partial charge in [-0.15, -0.1) is 0 Å². The predicted molar refractivity (Wildman–Crippen MR) is 84.9 cm³/mol. The van der Waals surface area contributed by atoms with Gasteiger partial charge in [0.25, 0.3) is 0 Å². The Kier molecular flexibility index (Phi) is 10.8. The highest BCUT2D eigenvalue weighted by Gasteiger charge is 2.08. The number of carbonyl (C=O) groups is 2. The lowest BCUT2D eigenvalue weighted by Crippen LogP contribution is -2.11. The van der Waals surface area contributed by atoms with Gasteiger partial charge in [-0.2, -0.15) is 0 Å². The maximum atomic E-state index is 11.5. The van der Waals surface area contributed by atoms with Crippen LogP contribution < -0.4 is 0 Å². The molecule has 1 heterocycles. The number of hydrogen-bond donors (Lipinski definition) is 0. The van der Waals surface area contributed by atoms with E-state index in [4.69, 9.17) is 4.74 Å². The van der Waals surface area contributed by atoms with Crippen LogP contribution in [-0.4, -0.2) is 11.9 Å². The molecule has 0 aliphatic carbocycles. The summed E-state index contributed by atoms with van der Waals surface area (Å²) < 4.78 is 4.79. The van der Waals surface area contributed by atoms with Crippen LogP contribution in [0.1, 0.15) is 89.9 Å². The topological polar surface area (TPSA) is 43.4 Å². The van der Waals surface area contributed by atoms with E-state index in [0.29, 0.717) is 6.42 Å². The second-order valence-electron chi connectivity index (χ2n) is 5.95. The fourth-order valence-corrected chi connectivity index (χ4v) is 2.64. The van der Waals surface area contributed by atoms with E-state index in [1.165, 1.54) is 57.8 Å². The van der Waals surface area contributed by atoms with Gasteiger partial charge in [0.05, 0.1) is 6.42 Å². The molecule has 0 spiro atoms. The largest absolute Gasteiger partial charge is 0.393 e. The van der Waals surface area contributed by atoms with Gasteiger partial charge in [-0.3, -0.25) is 9.59 Å². The minimum atomic E-state index is -0.422. The van der Waals surface area contributed by atoms with Crippen LogP contribution in [0.25, 0.3) is 0 Å². The zero-order valence-corrected chi connectivity index (χ0v) is 13.3. The Bertz CT molecular complexity index is 320. The highest BCUT2D eigenvalue weighted by atomic mass is 16.6. The fourth-order valence-electron chi connectivity index (χ4n) is 2.64. The van der Waals surface area contributed by atoms with Gasteiger partial charge in [-0.25, -0.2) is 0 Å². The van der Waals surface area contributed by atoms with Crippen molar-refractivity contribution in [1.29, 1.82) is 0 Å². The molecule has 0 saturated carbocycles. The van der Waals surface area contributed by atoms with Gasteiger partial charge in [-0.1, -0.05) is 69.9 Å². The second kappa shape index (κ2) is 12.6. The summed E-state index contributed by atoms with van der Waals surface area (Å²) in [6.07, 6.45) is 18.9. The average molecular weight is 294 g/mol. The minimum Gasteiger partial charge on any atom is -0.393 e. The van der Waals surface area contributed by atoms with Crippen molar-refractivity contribution in [3.63, 3.8) is 0 Å². The minimum absolute atomic E-state index is 0.214. The Labute approximate surface area is 129 Å². The lowest BCUT2D eigenvalue weighted by molar-refractivity contribution is -0.159. The Morgan fingerprint density at radius 3 is 1.76 bits per heavy atom. The third-order valence-electron chi connectivity index (χ3n) is 3.93. The van der Waals surface area contributed by atoms with Gasteiger partial charge in [0.2, 0.25) is 0 Å². The van der Waals surface area contributed by atoms with E-state index in [-0.39, 0.29) is 12.4 Å². The maximum Gasteiger partial charge on any atom is 0.317 e. The summed E-state index contributed by atoms with van der Waals surface area (Å²) >= 11 is 0. The van der Waals surface area contributed by atoms with Crippen LogP contribution in [-0.2, 0) is 14.3 Å². The molecule has 3 nitrogen and oxygen atoms in total. The number of allylic oxidation sites excluding steroid dienone is 1. The molecule has 0 N–H and O–H groups in total. The van der Waals surface area contributed by atoms with E-state index in [2.05, 4.69) is 0 Å². The van der Waals surface area contributed by atoms with Crippen molar-refractivity contribution in [2.45, 2.75) is 89.9 Å². The molecule has 0 atom stereocenters. The molecule has 0 saturated heterocycles. The van der Waals surface area contributed by atoms with E-state index >= 15 is 0 Å². The van der Waals surface area contributed by atoms with Crippen LogP contribution >= 0.6 is 0 Å². The zero-order valence-electron chi connectivity index (χ0n) is 13.3. The van der Waals surface area contributed by atoms with E-state index in [0.717, 1.165) is 19.3 Å². The summed E-state index contributed by atoms with van der Waals surface area (Å²) in [7, 11) is 0. The molecule has 1 aliphatic rings. The number of ether oxygens (including phenoxy) is 1. The van der Waals surface area contributed by atoms with E-state index in [1.54, 1.807) is 0 Å². The molecule has 0 radical (unpaired) electrons. The molecule has 3 heteroatoms. The quantitative estimate of drug-likeness (QED) is 0.355. The van der Waals surface area contributed by atoms with Crippen LogP contribution in [0.3, 0.4) is 0 Å². The molecule has 0 aromatic carbocycles. The van der Waals surface area contributed by atoms with Crippen molar-refractivity contribution in [3.05, 3.63) is 12.2 Å². The van der Waals surface area contributed by atoms with E-state index in [9.17, 15) is 9.59 Å². The Hall–Kier alpha value is -1.12. The molecular weight excluding hydrogens is 264 g/mol. The first-order chi connectivity index (χ1) is 10.3. The molecule has 0 aromatic rings.